The van der Waals surface area contributed by atoms with Gasteiger partial charge in [0.1, 0.15) is 5.92 Å². The second kappa shape index (κ2) is 5.08. The molecule has 1 aliphatic heterocycles. The van der Waals surface area contributed by atoms with Gasteiger partial charge in [-0.15, -0.1) is 0 Å². The van der Waals surface area contributed by atoms with E-state index in [4.69, 9.17) is 13.9 Å². The topological polar surface area (TPSA) is 44.8 Å². The van der Waals surface area contributed by atoms with Crippen LogP contribution in [-0.2, 0) is 18.7 Å². The first-order chi connectivity index (χ1) is 7.69. The second-order valence-corrected chi connectivity index (χ2v) is 10.8. The zero-order chi connectivity index (χ0) is 13.3. The van der Waals surface area contributed by atoms with Gasteiger partial charge in [0.05, 0.1) is 26.4 Å². The molecule has 0 radical (unpaired) electrons. The third-order valence-corrected chi connectivity index (χ3v) is 8.29. The fourth-order valence-corrected chi connectivity index (χ4v) is 2.92. The van der Waals surface area contributed by atoms with Gasteiger partial charge >= 0.3 is 5.97 Å². The quantitative estimate of drug-likeness (QED) is 0.576. The van der Waals surface area contributed by atoms with Gasteiger partial charge in [-0.3, -0.25) is 4.79 Å². The molecule has 0 spiro atoms. The lowest BCUT2D eigenvalue weighted by Gasteiger charge is -2.38. The largest absolute Gasteiger partial charge is 0.469 e. The summed E-state index contributed by atoms with van der Waals surface area (Å²) < 4.78 is 16.3. The van der Waals surface area contributed by atoms with Crippen LogP contribution in [0.25, 0.3) is 0 Å². The predicted octanol–water partition coefficient (Wildman–Crippen LogP) is 2.20. The van der Waals surface area contributed by atoms with Crippen LogP contribution in [0.15, 0.2) is 0 Å². The molecule has 17 heavy (non-hydrogen) atoms. The van der Waals surface area contributed by atoms with Crippen LogP contribution in [0.2, 0.25) is 18.1 Å². The van der Waals surface area contributed by atoms with Crippen LogP contribution in [0.3, 0.4) is 0 Å². The van der Waals surface area contributed by atoms with Gasteiger partial charge in [-0.1, -0.05) is 20.8 Å². The molecule has 1 rings (SSSR count). The highest BCUT2D eigenvalue weighted by atomic mass is 28.4. The number of carbonyl (C=O) groups excluding carboxylic acids is 1. The van der Waals surface area contributed by atoms with Crippen LogP contribution >= 0.6 is 0 Å². The monoisotopic (exact) mass is 260 g/mol. The average molecular weight is 260 g/mol. The van der Waals surface area contributed by atoms with Gasteiger partial charge < -0.3 is 13.9 Å². The second-order valence-electron chi connectivity index (χ2n) is 6.08. The van der Waals surface area contributed by atoms with Gasteiger partial charge in [-0.05, 0) is 18.1 Å². The lowest BCUT2D eigenvalue weighted by Crippen LogP contribution is -2.46. The zero-order valence-electron chi connectivity index (χ0n) is 11.7. The summed E-state index contributed by atoms with van der Waals surface area (Å²) >= 11 is 0. The normalized spacial score (nSPS) is 26.0. The van der Waals surface area contributed by atoms with Crippen LogP contribution in [0.4, 0.5) is 0 Å². The van der Waals surface area contributed by atoms with E-state index >= 15 is 0 Å². The molecule has 1 heterocycles. The Balaban J connectivity index is 2.71. The average Bonchev–Trinajstić information content (AvgIpc) is 2.62. The van der Waals surface area contributed by atoms with Gasteiger partial charge in [0.15, 0.2) is 8.32 Å². The maximum absolute atomic E-state index is 11.6. The van der Waals surface area contributed by atoms with Gasteiger partial charge in [0.2, 0.25) is 0 Å². The van der Waals surface area contributed by atoms with Crippen molar-refractivity contribution < 1.29 is 18.7 Å². The number of rotatable bonds is 3. The molecule has 1 saturated heterocycles. The lowest BCUT2D eigenvalue weighted by molar-refractivity contribution is -0.147. The fraction of sp³-hybridized carbons (Fsp3) is 0.917. The molecular weight excluding hydrogens is 236 g/mol. The Morgan fingerprint density at radius 2 is 1.88 bits per heavy atom. The first-order valence-corrected chi connectivity index (χ1v) is 8.93. The van der Waals surface area contributed by atoms with Crippen LogP contribution in [0.1, 0.15) is 20.8 Å². The molecule has 1 fully saturated rings. The molecule has 2 atom stereocenters. The predicted molar refractivity (Wildman–Crippen MR) is 68.4 cm³/mol. The Labute approximate surface area is 105 Å². The van der Waals surface area contributed by atoms with Gasteiger partial charge in [-0.2, -0.15) is 0 Å². The molecular formula is C12H24O4Si. The van der Waals surface area contributed by atoms with Gasteiger partial charge in [0.25, 0.3) is 0 Å². The van der Waals surface area contributed by atoms with Crippen LogP contribution < -0.4 is 0 Å². The molecule has 100 valence electrons. The summed E-state index contributed by atoms with van der Waals surface area (Å²) in [7, 11) is -0.451. The minimum atomic E-state index is -1.86. The third kappa shape index (κ3) is 3.30. The van der Waals surface area contributed by atoms with E-state index in [0.717, 1.165) is 0 Å². The standard InChI is InChI=1S/C12H24O4Si/c1-12(2,3)17(5,6)16-10-8-15-7-9(10)11(13)14-4/h9-10H,7-8H2,1-6H3/t9-,10-/m1/s1. The number of methoxy groups -OCH3 is 1. The number of hydrogen-bond donors (Lipinski definition) is 0. The van der Waals surface area contributed by atoms with Crippen LogP contribution in [0, 0.1) is 5.92 Å². The van der Waals surface area contributed by atoms with E-state index in [1.165, 1.54) is 7.11 Å². The molecule has 0 N–H and O–H groups in total. The highest BCUT2D eigenvalue weighted by Gasteiger charge is 2.44. The Kier molecular flexibility index (Phi) is 4.38. The number of hydrogen-bond acceptors (Lipinski definition) is 4. The van der Waals surface area contributed by atoms with E-state index in [0.29, 0.717) is 13.2 Å². The summed E-state index contributed by atoms with van der Waals surface area (Å²) in [6.45, 7) is 11.8. The molecule has 0 aromatic heterocycles. The molecule has 4 nitrogen and oxygen atoms in total. The van der Waals surface area contributed by atoms with E-state index in [2.05, 4.69) is 33.9 Å². The van der Waals surface area contributed by atoms with Gasteiger partial charge in [0, 0.05) is 0 Å². The summed E-state index contributed by atoms with van der Waals surface area (Å²) in [5, 5.41) is 0.135. The number of ether oxygens (including phenoxy) is 2. The Hall–Kier alpha value is -0.393. The van der Waals surface area contributed by atoms with Crippen molar-refractivity contribution in [2.75, 3.05) is 20.3 Å². The molecule has 0 aromatic rings. The van der Waals surface area contributed by atoms with Crippen LogP contribution in [0.5, 0.6) is 0 Å². The first-order valence-electron chi connectivity index (χ1n) is 6.02. The van der Waals surface area contributed by atoms with Crippen LogP contribution in [-0.4, -0.2) is 40.7 Å². The maximum atomic E-state index is 11.6. The van der Waals surface area contributed by atoms with Crippen molar-refractivity contribution in [2.24, 2.45) is 5.92 Å². The van der Waals surface area contributed by atoms with E-state index < -0.39 is 8.32 Å². The van der Waals surface area contributed by atoms with Gasteiger partial charge in [-0.25, -0.2) is 0 Å². The minimum absolute atomic E-state index is 0.135. The first kappa shape index (κ1) is 14.7. The Morgan fingerprint density at radius 3 is 2.35 bits per heavy atom. The molecule has 0 saturated carbocycles. The van der Waals surface area contributed by atoms with Crippen molar-refractivity contribution in [2.45, 2.75) is 45.0 Å². The highest BCUT2D eigenvalue weighted by Crippen LogP contribution is 2.38. The molecule has 1 aliphatic rings. The van der Waals surface area contributed by atoms with E-state index in [-0.39, 0.29) is 23.0 Å². The van der Waals surface area contributed by atoms with E-state index in [1.807, 2.05) is 0 Å². The Bertz CT molecular complexity index is 283. The van der Waals surface area contributed by atoms with Crippen molar-refractivity contribution in [1.82, 2.24) is 0 Å². The van der Waals surface area contributed by atoms with E-state index in [9.17, 15) is 4.79 Å². The van der Waals surface area contributed by atoms with Crippen molar-refractivity contribution in [3.8, 4) is 0 Å². The SMILES string of the molecule is COC(=O)[C@@H]1COC[C@H]1O[Si](C)(C)C(C)(C)C. The molecule has 5 heteroatoms. The van der Waals surface area contributed by atoms with Crippen molar-refractivity contribution in [3.63, 3.8) is 0 Å². The smallest absolute Gasteiger partial charge is 0.313 e. The molecule has 0 amide bonds. The summed E-state index contributed by atoms with van der Waals surface area (Å²) in [5.41, 5.74) is 0. The lowest BCUT2D eigenvalue weighted by atomic mass is 10.1. The molecule has 0 aliphatic carbocycles. The summed E-state index contributed by atoms with van der Waals surface area (Å²) in [6, 6.07) is 0. The van der Waals surface area contributed by atoms with Crippen molar-refractivity contribution >= 4 is 14.3 Å². The summed E-state index contributed by atoms with van der Waals surface area (Å²) in [5.74, 6) is -0.500. The van der Waals surface area contributed by atoms with E-state index in [1.54, 1.807) is 0 Å². The minimum Gasteiger partial charge on any atom is -0.469 e. The number of carbonyl (C=O) groups is 1. The summed E-state index contributed by atoms with van der Waals surface area (Å²) in [4.78, 5) is 11.6. The summed E-state index contributed by atoms with van der Waals surface area (Å²) in [6.07, 6.45) is -0.150. The highest BCUT2D eigenvalue weighted by molar-refractivity contribution is 6.74. The Morgan fingerprint density at radius 1 is 1.29 bits per heavy atom. The molecule has 0 aromatic carbocycles. The maximum Gasteiger partial charge on any atom is 0.313 e. The van der Waals surface area contributed by atoms with Crippen molar-refractivity contribution in [3.05, 3.63) is 0 Å². The molecule has 0 unspecified atom stereocenters. The zero-order valence-corrected chi connectivity index (χ0v) is 12.7. The van der Waals surface area contributed by atoms with Crippen molar-refractivity contribution in [1.29, 1.82) is 0 Å². The fourth-order valence-electron chi connectivity index (χ4n) is 1.58. The third-order valence-electron chi connectivity index (χ3n) is 3.78. The number of esters is 1. The molecule has 0 bridgehead atoms.